The van der Waals surface area contributed by atoms with E-state index < -0.39 is 11.4 Å². The monoisotopic (exact) mass is 560 g/mol. The number of nitrogens with zero attached hydrogens (tertiary/aromatic N) is 4. The van der Waals surface area contributed by atoms with Gasteiger partial charge in [-0.25, -0.2) is 0 Å². The predicted molar refractivity (Wildman–Crippen MR) is 159 cm³/mol. The van der Waals surface area contributed by atoms with Crippen molar-refractivity contribution >= 4 is 5.97 Å². The zero-order valence-corrected chi connectivity index (χ0v) is 24.5. The van der Waals surface area contributed by atoms with Crippen LogP contribution in [0.1, 0.15) is 69.9 Å². The van der Waals surface area contributed by atoms with Gasteiger partial charge in [-0.1, -0.05) is 55.8 Å². The molecule has 2 fully saturated rings. The van der Waals surface area contributed by atoms with Crippen molar-refractivity contribution in [3.05, 3.63) is 53.6 Å². The lowest BCUT2D eigenvalue weighted by Gasteiger charge is -2.39. The van der Waals surface area contributed by atoms with Crippen molar-refractivity contribution in [2.75, 3.05) is 32.7 Å². The summed E-state index contributed by atoms with van der Waals surface area (Å²) in [5.41, 5.74) is 3.06. The highest BCUT2D eigenvalue weighted by Crippen LogP contribution is 2.37. The normalized spacial score (nSPS) is 18.1. The number of carboxylic acids is 1. The van der Waals surface area contributed by atoms with E-state index in [0.717, 1.165) is 69.7 Å². The van der Waals surface area contributed by atoms with Gasteiger partial charge in [0.2, 0.25) is 5.82 Å². The first-order valence-electron chi connectivity index (χ1n) is 15.2. The molecule has 2 saturated heterocycles. The fraction of sp³-hybridized carbons (Fsp3) is 0.545. The van der Waals surface area contributed by atoms with E-state index in [9.17, 15) is 15.0 Å². The maximum atomic E-state index is 12.3. The number of aliphatic carboxylic acids is 1. The van der Waals surface area contributed by atoms with Crippen LogP contribution >= 0.6 is 0 Å². The lowest BCUT2D eigenvalue weighted by Crippen LogP contribution is -2.44. The van der Waals surface area contributed by atoms with Gasteiger partial charge in [-0.15, -0.1) is 0 Å². The fourth-order valence-corrected chi connectivity index (χ4v) is 6.32. The minimum Gasteiger partial charge on any atom is -0.508 e. The van der Waals surface area contributed by atoms with Crippen LogP contribution < -0.4 is 0 Å². The second-order valence-electron chi connectivity index (χ2n) is 12.4. The standard InChI is InChI=1S/C33H44N4O4/c1-24(2)21-27-11-12-28(22-29(27)38)31-34-30(35-41-31)26-9-7-25(8-10-26)23-37-19-14-33(15-20-37,32(39)40)13-6-18-36-16-4-3-5-17-36/h7-12,22,24,38H,3-6,13-21,23H2,1-2H3,(H,39,40). The molecule has 2 N–H and O–H groups in total. The van der Waals surface area contributed by atoms with Gasteiger partial charge in [0, 0.05) is 17.7 Å². The van der Waals surface area contributed by atoms with E-state index in [1.54, 1.807) is 6.07 Å². The Morgan fingerprint density at radius 1 is 0.976 bits per heavy atom. The zero-order valence-electron chi connectivity index (χ0n) is 24.5. The van der Waals surface area contributed by atoms with Crippen LogP contribution in [0.25, 0.3) is 22.8 Å². The molecular formula is C33H44N4O4. The molecule has 1 aromatic heterocycles. The van der Waals surface area contributed by atoms with E-state index in [0.29, 0.717) is 36.0 Å². The third-order valence-electron chi connectivity index (χ3n) is 8.85. The SMILES string of the molecule is CC(C)Cc1ccc(-c2nc(-c3ccc(CN4CCC(CCCN5CCCCC5)(C(=O)O)CC4)cc3)no2)cc1O. The second-order valence-corrected chi connectivity index (χ2v) is 12.4. The molecule has 0 aliphatic carbocycles. The number of carboxylic acid groups (broad SMARTS) is 1. The number of phenolic OH excluding ortho intramolecular Hbond substituents is 1. The highest BCUT2D eigenvalue weighted by atomic mass is 16.5. The average Bonchev–Trinajstić information content (AvgIpc) is 3.46. The summed E-state index contributed by atoms with van der Waals surface area (Å²) in [6.07, 6.45) is 7.84. The number of rotatable bonds is 11. The molecule has 2 aliphatic rings. The average molecular weight is 561 g/mol. The number of hydrogen-bond acceptors (Lipinski definition) is 7. The molecule has 0 spiro atoms. The summed E-state index contributed by atoms with van der Waals surface area (Å²) in [6, 6.07) is 13.7. The van der Waals surface area contributed by atoms with Crippen LogP contribution in [-0.4, -0.2) is 68.8 Å². The third kappa shape index (κ3) is 7.35. The maximum Gasteiger partial charge on any atom is 0.309 e. The molecule has 0 bridgehead atoms. The number of carbonyl (C=O) groups is 1. The van der Waals surface area contributed by atoms with Crippen molar-refractivity contribution in [1.82, 2.24) is 19.9 Å². The summed E-state index contributed by atoms with van der Waals surface area (Å²) >= 11 is 0. The molecule has 3 aromatic rings. The number of aromatic hydroxyl groups is 1. The number of piperidine rings is 2. The summed E-state index contributed by atoms with van der Waals surface area (Å²) in [7, 11) is 0. The molecule has 0 amide bonds. The van der Waals surface area contributed by atoms with Crippen molar-refractivity contribution < 1.29 is 19.5 Å². The molecule has 3 heterocycles. The van der Waals surface area contributed by atoms with Gasteiger partial charge in [-0.05, 0) is 107 Å². The van der Waals surface area contributed by atoms with Crippen LogP contribution in [0.5, 0.6) is 5.75 Å². The lowest BCUT2D eigenvalue weighted by atomic mass is 9.74. The quantitative estimate of drug-likeness (QED) is 0.284. The number of likely N-dealkylation sites (tertiary alicyclic amines) is 2. The molecule has 8 nitrogen and oxygen atoms in total. The smallest absolute Gasteiger partial charge is 0.309 e. The van der Waals surface area contributed by atoms with Crippen LogP contribution in [0.3, 0.4) is 0 Å². The Hall–Kier alpha value is -3.23. The van der Waals surface area contributed by atoms with E-state index in [4.69, 9.17) is 4.52 Å². The summed E-state index contributed by atoms with van der Waals surface area (Å²) in [5.74, 6) is 0.960. The van der Waals surface area contributed by atoms with Gasteiger partial charge in [-0.2, -0.15) is 4.98 Å². The van der Waals surface area contributed by atoms with Gasteiger partial charge in [0.25, 0.3) is 5.89 Å². The van der Waals surface area contributed by atoms with Crippen LogP contribution in [0, 0.1) is 11.3 Å². The molecule has 41 heavy (non-hydrogen) atoms. The Morgan fingerprint density at radius 3 is 2.34 bits per heavy atom. The molecule has 8 heteroatoms. The Morgan fingerprint density at radius 2 is 1.68 bits per heavy atom. The second kappa shape index (κ2) is 13.2. The number of hydrogen-bond donors (Lipinski definition) is 2. The topological polar surface area (TPSA) is 103 Å². The maximum absolute atomic E-state index is 12.3. The lowest BCUT2D eigenvalue weighted by molar-refractivity contribution is -0.153. The number of phenols is 1. The highest BCUT2D eigenvalue weighted by Gasteiger charge is 2.41. The Balaban J connectivity index is 1.14. The van der Waals surface area contributed by atoms with Crippen molar-refractivity contribution in [2.24, 2.45) is 11.3 Å². The molecule has 0 atom stereocenters. The van der Waals surface area contributed by atoms with Crippen LogP contribution in [-0.2, 0) is 17.8 Å². The molecule has 0 saturated carbocycles. The van der Waals surface area contributed by atoms with Gasteiger partial charge in [-0.3, -0.25) is 9.69 Å². The Kier molecular flexibility index (Phi) is 9.40. The van der Waals surface area contributed by atoms with Crippen molar-refractivity contribution in [3.63, 3.8) is 0 Å². The van der Waals surface area contributed by atoms with Gasteiger partial charge in [0.05, 0.1) is 5.41 Å². The summed E-state index contributed by atoms with van der Waals surface area (Å²) < 4.78 is 5.50. The molecule has 2 aromatic carbocycles. The van der Waals surface area contributed by atoms with E-state index in [2.05, 4.69) is 45.9 Å². The first-order valence-corrected chi connectivity index (χ1v) is 15.2. The predicted octanol–water partition coefficient (Wildman–Crippen LogP) is 6.24. The molecule has 0 unspecified atom stereocenters. The van der Waals surface area contributed by atoms with Crippen molar-refractivity contribution in [2.45, 2.75) is 71.8 Å². The van der Waals surface area contributed by atoms with Gasteiger partial charge in [0.1, 0.15) is 5.75 Å². The Bertz CT molecular complexity index is 1290. The van der Waals surface area contributed by atoms with Crippen LogP contribution in [0.2, 0.25) is 0 Å². The first-order chi connectivity index (χ1) is 19.8. The van der Waals surface area contributed by atoms with Crippen molar-refractivity contribution in [1.29, 1.82) is 0 Å². The number of benzene rings is 2. The van der Waals surface area contributed by atoms with E-state index in [1.807, 2.05) is 24.3 Å². The minimum atomic E-state index is -0.624. The van der Waals surface area contributed by atoms with Crippen LogP contribution in [0.4, 0.5) is 0 Å². The van der Waals surface area contributed by atoms with Crippen molar-refractivity contribution in [3.8, 4) is 28.6 Å². The molecular weight excluding hydrogens is 516 g/mol. The zero-order chi connectivity index (χ0) is 28.8. The molecule has 2 aliphatic heterocycles. The molecule has 0 radical (unpaired) electrons. The third-order valence-corrected chi connectivity index (χ3v) is 8.85. The summed E-state index contributed by atoms with van der Waals surface area (Å²) in [4.78, 5) is 21.7. The largest absolute Gasteiger partial charge is 0.508 e. The van der Waals surface area contributed by atoms with Gasteiger partial charge >= 0.3 is 5.97 Å². The van der Waals surface area contributed by atoms with Gasteiger partial charge in [0.15, 0.2) is 0 Å². The van der Waals surface area contributed by atoms with E-state index >= 15 is 0 Å². The first kappa shape index (κ1) is 29.3. The minimum absolute atomic E-state index is 0.246. The highest BCUT2D eigenvalue weighted by molar-refractivity contribution is 5.74. The summed E-state index contributed by atoms with van der Waals surface area (Å²) in [5, 5.41) is 24.7. The fourth-order valence-electron chi connectivity index (χ4n) is 6.32. The molecule has 5 rings (SSSR count). The van der Waals surface area contributed by atoms with E-state index in [-0.39, 0.29) is 5.75 Å². The van der Waals surface area contributed by atoms with Gasteiger partial charge < -0.3 is 19.6 Å². The van der Waals surface area contributed by atoms with E-state index in [1.165, 1.54) is 24.8 Å². The number of aromatic nitrogens is 2. The Labute approximate surface area is 243 Å². The molecule has 220 valence electrons. The summed E-state index contributed by atoms with van der Waals surface area (Å²) in [6.45, 7) is 10.00. The van der Waals surface area contributed by atoms with Crippen LogP contribution in [0.15, 0.2) is 47.0 Å².